The maximum Gasteiger partial charge on any atom is 0.147 e. The van der Waals surface area contributed by atoms with Gasteiger partial charge in [0.05, 0.1) is 12.7 Å². The number of hydrogen-bond donors (Lipinski definition) is 1. The normalized spacial score (nSPS) is 27.0. The highest BCUT2D eigenvalue weighted by Crippen LogP contribution is 2.20. The monoisotopic (exact) mass is 274 g/mol. The van der Waals surface area contributed by atoms with Gasteiger partial charge in [-0.3, -0.25) is 0 Å². The van der Waals surface area contributed by atoms with Gasteiger partial charge in [0, 0.05) is 6.61 Å². The maximum absolute atomic E-state index is 9.71. The SMILES string of the molecule is CCCCCCCCOCO[C@@H]1C(O)CO[C@@H]1CC. The zero-order valence-electron chi connectivity index (χ0n) is 12.5. The molecule has 1 heterocycles. The van der Waals surface area contributed by atoms with E-state index in [9.17, 15) is 5.11 Å². The zero-order chi connectivity index (χ0) is 13.9. The molecule has 1 unspecified atom stereocenters. The molecule has 0 aromatic rings. The first kappa shape index (κ1) is 16.9. The Morgan fingerprint density at radius 1 is 1.11 bits per heavy atom. The van der Waals surface area contributed by atoms with Gasteiger partial charge in [0.1, 0.15) is 19.0 Å². The molecule has 1 aliphatic rings. The lowest BCUT2D eigenvalue weighted by Crippen LogP contribution is -2.33. The van der Waals surface area contributed by atoms with Crippen molar-refractivity contribution in [2.45, 2.75) is 77.1 Å². The Balaban J connectivity index is 1.92. The van der Waals surface area contributed by atoms with Gasteiger partial charge in [-0.05, 0) is 12.8 Å². The third-order valence-electron chi connectivity index (χ3n) is 3.62. The van der Waals surface area contributed by atoms with E-state index in [1.54, 1.807) is 0 Å². The molecule has 1 rings (SSSR count). The minimum Gasteiger partial charge on any atom is -0.388 e. The molecule has 3 atom stereocenters. The fourth-order valence-electron chi connectivity index (χ4n) is 2.40. The van der Waals surface area contributed by atoms with Crippen LogP contribution in [0, 0.1) is 0 Å². The van der Waals surface area contributed by atoms with E-state index < -0.39 is 6.10 Å². The van der Waals surface area contributed by atoms with Crippen molar-refractivity contribution in [3.05, 3.63) is 0 Å². The molecule has 19 heavy (non-hydrogen) atoms. The fourth-order valence-corrected chi connectivity index (χ4v) is 2.40. The Morgan fingerprint density at radius 3 is 2.58 bits per heavy atom. The van der Waals surface area contributed by atoms with Crippen LogP contribution in [0.2, 0.25) is 0 Å². The first-order valence-corrected chi connectivity index (χ1v) is 7.78. The molecule has 4 heteroatoms. The largest absolute Gasteiger partial charge is 0.388 e. The summed E-state index contributed by atoms with van der Waals surface area (Å²) in [6.45, 7) is 5.64. The first-order chi connectivity index (χ1) is 9.29. The van der Waals surface area contributed by atoms with Gasteiger partial charge in [0.25, 0.3) is 0 Å². The van der Waals surface area contributed by atoms with E-state index in [0.717, 1.165) is 19.4 Å². The lowest BCUT2D eigenvalue weighted by Gasteiger charge is -2.19. The summed E-state index contributed by atoms with van der Waals surface area (Å²) in [7, 11) is 0. The van der Waals surface area contributed by atoms with Crippen LogP contribution in [0.15, 0.2) is 0 Å². The van der Waals surface area contributed by atoms with Gasteiger partial charge in [0.15, 0.2) is 0 Å². The number of aliphatic hydroxyl groups excluding tert-OH is 1. The maximum atomic E-state index is 9.71. The first-order valence-electron chi connectivity index (χ1n) is 7.78. The van der Waals surface area contributed by atoms with E-state index in [0.29, 0.717) is 6.61 Å². The average Bonchev–Trinajstić information content (AvgIpc) is 2.77. The number of ether oxygens (including phenoxy) is 3. The fraction of sp³-hybridized carbons (Fsp3) is 1.00. The summed E-state index contributed by atoms with van der Waals surface area (Å²) in [5.74, 6) is 0. The second kappa shape index (κ2) is 10.6. The lowest BCUT2D eigenvalue weighted by molar-refractivity contribution is -0.126. The predicted molar refractivity (Wildman–Crippen MR) is 75.1 cm³/mol. The van der Waals surface area contributed by atoms with E-state index in [1.807, 2.05) is 6.92 Å². The van der Waals surface area contributed by atoms with E-state index >= 15 is 0 Å². The van der Waals surface area contributed by atoms with Crippen molar-refractivity contribution in [3.63, 3.8) is 0 Å². The van der Waals surface area contributed by atoms with Crippen molar-refractivity contribution >= 4 is 0 Å². The van der Waals surface area contributed by atoms with Crippen LogP contribution in [0.5, 0.6) is 0 Å². The predicted octanol–water partition coefficient (Wildman–Crippen LogP) is 2.88. The Bertz CT molecular complexity index is 210. The highest BCUT2D eigenvalue weighted by Gasteiger charge is 2.35. The summed E-state index contributed by atoms with van der Waals surface area (Å²) in [4.78, 5) is 0. The molecule has 1 fully saturated rings. The van der Waals surface area contributed by atoms with E-state index in [4.69, 9.17) is 14.2 Å². The number of hydrogen-bond acceptors (Lipinski definition) is 4. The number of aliphatic hydroxyl groups is 1. The van der Waals surface area contributed by atoms with Gasteiger partial charge in [-0.15, -0.1) is 0 Å². The van der Waals surface area contributed by atoms with Crippen molar-refractivity contribution in [3.8, 4) is 0 Å². The average molecular weight is 274 g/mol. The molecule has 0 radical (unpaired) electrons. The third-order valence-corrected chi connectivity index (χ3v) is 3.62. The molecule has 0 aromatic heterocycles. The molecule has 0 aliphatic carbocycles. The topological polar surface area (TPSA) is 47.9 Å². The molecule has 0 saturated carbocycles. The number of rotatable bonds is 11. The molecule has 1 N–H and O–H groups in total. The summed E-state index contributed by atoms with van der Waals surface area (Å²) < 4.78 is 16.5. The van der Waals surface area contributed by atoms with Crippen molar-refractivity contribution in [2.24, 2.45) is 0 Å². The van der Waals surface area contributed by atoms with Crippen molar-refractivity contribution in [2.75, 3.05) is 20.0 Å². The van der Waals surface area contributed by atoms with Gasteiger partial charge in [0.2, 0.25) is 0 Å². The molecule has 114 valence electrons. The van der Waals surface area contributed by atoms with E-state index in [-0.39, 0.29) is 19.0 Å². The molecule has 0 bridgehead atoms. The molecule has 0 amide bonds. The van der Waals surface area contributed by atoms with Gasteiger partial charge in [-0.25, -0.2) is 0 Å². The molecule has 0 aromatic carbocycles. The van der Waals surface area contributed by atoms with Crippen LogP contribution in [0.3, 0.4) is 0 Å². The second-order valence-corrected chi connectivity index (χ2v) is 5.27. The Labute approximate surface area is 117 Å². The van der Waals surface area contributed by atoms with Crippen LogP contribution < -0.4 is 0 Å². The van der Waals surface area contributed by atoms with Gasteiger partial charge in [-0.1, -0.05) is 46.0 Å². The van der Waals surface area contributed by atoms with Crippen molar-refractivity contribution in [1.82, 2.24) is 0 Å². The summed E-state index contributed by atoms with van der Waals surface area (Å²) in [5.41, 5.74) is 0. The highest BCUT2D eigenvalue weighted by atomic mass is 16.7. The van der Waals surface area contributed by atoms with Gasteiger partial charge in [-0.2, -0.15) is 0 Å². The molecule has 4 nitrogen and oxygen atoms in total. The van der Waals surface area contributed by atoms with E-state index in [2.05, 4.69) is 6.92 Å². The van der Waals surface area contributed by atoms with Crippen LogP contribution in [0.4, 0.5) is 0 Å². The van der Waals surface area contributed by atoms with Crippen LogP contribution in [-0.2, 0) is 14.2 Å². The van der Waals surface area contributed by atoms with Crippen LogP contribution in [0.1, 0.15) is 58.8 Å². The quantitative estimate of drug-likeness (QED) is 0.465. The summed E-state index contributed by atoms with van der Waals surface area (Å²) in [6.07, 6.45) is 7.70. The zero-order valence-corrected chi connectivity index (χ0v) is 12.5. The summed E-state index contributed by atoms with van der Waals surface area (Å²) >= 11 is 0. The minimum absolute atomic E-state index is 0.00708. The minimum atomic E-state index is -0.511. The lowest BCUT2D eigenvalue weighted by atomic mass is 10.1. The van der Waals surface area contributed by atoms with Crippen LogP contribution in [-0.4, -0.2) is 43.4 Å². The second-order valence-electron chi connectivity index (χ2n) is 5.27. The molecule has 0 spiro atoms. The van der Waals surface area contributed by atoms with Gasteiger partial charge < -0.3 is 19.3 Å². The van der Waals surface area contributed by atoms with Crippen molar-refractivity contribution < 1.29 is 19.3 Å². The molecule has 1 saturated heterocycles. The molecular formula is C15H30O4. The Kier molecular flexibility index (Phi) is 9.43. The van der Waals surface area contributed by atoms with Crippen molar-refractivity contribution in [1.29, 1.82) is 0 Å². The summed E-state index contributed by atoms with van der Waals surface area (Å²) in [5, 5.41) is 9.71. The number of unbranched alkanes of at least 4 members (excludes halogenated alkanes) is 5. The summed E-state index contributed by atoms with van der Waals surface area (Å²) in [6, 6.07) is 0. The Hall–Kier alpha value is -0.160. The highest BCUT2D eigenvalue weighted by molar-refractivity contribution is 4.83. The smallest absolute Gasteiger partial charge is 0.147 e. The molecular weight excluding hydrogens is 244 g/mol. The van der Waals surface area contributed by atoms with Crippen LogP contribution >= 0.6 is 0 Å². The third kappa shape index (κ3) is 6.70. The Morgan fingerprint density at radius 2 is 1.84 bits per heavy atom. The van der Waals surface area contributed by atoms with Crippen LogP contribution in [0.25, 0.3) is 0 Å². The molecule has 1 aliphatic heterocycles. The van der Waals surface area contributed by atoms with E-state index in [1.165, 1.54) is 32.1 Å². The standard InChI is InChI=1S/C15H30O4/c1-3-5-6-7-8-9-10-17-12-19-15-13(16)11-18-14(15)4-2/h13-16H,3-12H2,1-2H3/t13?,14-,15-/m1/s1. The van der Waals surface area contributed by atoms with Gasteiger partial charge >= 0.3 is 0 Å².